The van der Waals surface area contributed by atoms with Crippen molar-refractivity contribution in [2.24, 2.45) is 0 Å². The zero-order chi connectivity index (χ0) is 28.4. The van der Waals surface area contributed by atoms with Gasteiger partial charge in [-0.3, -0.25) is 19.8 Å². The number of rotatable bonds is 7. The first-order valence-corrected chi connectivity index (χ1v) is 12.1. The molecule has 40 heavy (non-hydrogen) atoms. The molecule has 2 heterocycles. The highest BCUT2D eigenvalue weighted by molar-refractivity contribution is 5.91. The summed E-state index contributed by atoms with van der Waals surface area (Å²) in [7, 11) is 2.30. The first-order valence-electron chi connectivity index (χ1n) is 12.1. The minimum atomic E-state index is -1.31. The van der Waals surface area contributed by atoms with Crippen LogP contribution in [0.15, 0.2) is 94.5 Å². The number of para-hydroxylation sites is 2. The Morgan fingerprint density at radius 2 is 1.07 bits per heavy atom. The van der Waals surface area contributed by atoms with Crippen molar-refractivity contribution in [2.45, 2.75) is 5.92 Å². The molecule has 202 valence electrons. The van der Waals surface area contributed by atoms with E-state index in [9.17, 15) is 23.6 Å². The molecule has 2 N–H and O–H groups in total. The lowest BCUT2D eigenvalue weighted by atomic mass is 9.85. The minimum Gasteiger partial charge on any atom is -0.464 e. The van der Waals surface area contributed by atoms with Gasteiger partial charge in [-0.1, -0.05) is 48.5 Å². The van der Waals surface area contributed by atoms with Crippen molar-refractivity contribution in [1.82, 2.24) is 19.6 Å². The number of carbonyl (C=O) groups is 2. The maximum Gasteiger partial charge on any atom is 0.356 e. The summed E-state index contributed by atoms with van der Waals surface area (Å²) in [6.07, 6.45) is 0. The van der Waals surface area contributed by atoms with Crippen LogP contribution in [0.4, 0.5) is 4.39 Å². The summed E-state index contributed by atoms with van der Waals surface area (Å²) in [5, 5.41) is 5.58. The summed E-state index contributed by atoms with van der Waals surface area (Å²) in [6, 6.07) is 22.0. The highest BCUT2D eigenvalue weighted by atomic mass is 19.1. The Morgan fingerprint density at radius 1 is 0.675 bits per heavy atom. The van der Waals surface area contributed by atoms with Crippen LogP contribution in [0.2, 0.25) is 0 Å². The van der Waals surface area contributed by atoms with Crippen molar-refractivity contribution >= 4 is 11.9 Å². The van der Waals surface area contributed by atoms with Crippen molar-refractivity contribution in [2.75, 3.05) is 14.2 Å². The van der Waals surface area contributed by atoms with E-state index in [0.717, 1.165) is 35.7 Å². The third-order valence-electron chi connectivity index (χ3n) is 6.44. The van der Waals surface area contributed by atoms with E-state index >= 15 is 0 Å². The molecule has 0 aliphatic heterocycles. The molecule has 2 aromatic heterocycles. The third kappa shape index (κ3) is 4.53. The van der Waals surface area contributed by atoms with Crippen molar-refractivity contribution < 1.29 is 23.5 Å². The van der Waals surface area contributed by atoms with Gasteiger partial charge in [-0.15, -0.1) is 0 Å². The number of methoxy groups -OCH3 is 2. The maximum atomic E-state index is 14.0. The molecule has 0 fully saturated rings. The Hall–Kier alpha value is -5.45. The molecule has 0 radical (unpaired) electrons. The van der Waals surface area contributed by atoms with Gasteiger partial charge in [-0.25, -0.2) is 23.3 Å². The van der Waals surface area contributed by atoms with E-state index in [4.69, 9.17) is 9.47 Å². The van der Waals surface area contributed by atoms with Crippen molar-refractivity contribution in [3.8, 4) is 11.4 Å². The number of H-pyrrole nitrogens is 2. The van der Waals surface area contributed by atoms with E-state index in [0.29, 0.717) is 11.4 Å². The lowest BCUT2D eigenvalue weighted by Crippen LogP contribution is -2.26. The van der Waals surface area contributed by atoms with Crippen LogP contribution >= 0.6 is 0 Å². The van der Waals surface area contributed by atoms with Gasteiger partial charge >= 0.3 is 11.9 Å². The predicted octanol–water partition coefficient (Wildman–Crippen LogP) is 3.54. The van der Waals surface area contributed by atoms with Gasteiger partial charge in [0.05, 0.1) is 36.7 Å². The van der Waals surface area contributed by atoms with Crippen molar-refractivity contribution in [3.63, 3.8) is 0 Å². The number of aromatic nitrogens is 4. The second-order valence-corrected chi connectivity index (χ2v) is 8.72. The normalized spacial score (nSPS) is 11.0. The molecule has 11 heteroatoms. The number of ether oxygens (including phenoxy) is 2. The molecule has 0 unspecified atom stereocenters. The van der Waals surface area contributed by atoms with Gasteiger partial charge in [0.25, 0.3) is 11.1 Å². The van der Waals surface area contributed by atoms with Gasteiger partial charge in [-0.05, 0) is 42.0 Å². The summed E-state index contributed by atoms with van der Waals surface area (Å²) in [5.41, 5.74) is -1.11. The average molecular weight is 543 g/mol. The standard InChI is InChI=1S/C29H23FN4O6/c1-39-28(37)24-22(26(35)33(31-24)19-9-5-3-6-10-19)21(17-13-15-18(30)16-14-17)23-25(29(38)40-2)32-34(27(23)36)20-11-7-4-8-12-20/h3-16,21,31-32H,1-2H3. The quantitative estimate of drug-likeness (QED) is 0.303. The number of hydrogen-bond donors (Lipinski definition) is 2. The SMILES string of the molecule is COC(=O)c1[nH]n(-c2ccccc2)c(=O)c1C(c1ccc(F)cc1)c1c(C(=O)OC)[nH]n(-c2ccccc2)c1=O. The lowest BCUT2D eigenvalue weighted by Gasteiger charge is -2.16. The Bertz CT molecular complexity index is 1690. The van der Waals surface area contributed by atoms with Crippen LogP contribution in [0.25, 0.3) is 11.4 Å². The zero-order valence-electron chi connectivity index (χ0n) is 21.4. The van der Waals surface area contributed by atoms with Gasteiger partial charge in [-0.2, -0.15) is 0 Å². The van der Waals surface area contributed by atoms with E-state index in [1.807, 2.05) is 0 Å². The van der Waals surface area contributed by atoms with E-state index in [1.54, 1.807) is 60.7 Å². The van der Waals surface area contributed by atoms with Crippen LogP contribution in [-0.2, 0) is 9.47 Å². The molecule has 0 amide bonds. The molecular formula is C29H23FN4O6. The molecule has 0 bridgehead atoms. The first kappa shape index (κ1) is 26.2. The summed E-state index contributed by atoms with van der Waals surface area (Å²) < 4.78 is 26.2. The van der Waals surface area contributed by atoms with E-state index < -0.39 is 34.8 Å². The first-order chi connectivity index (χ1) is 19.3. The van der Waals surface area contributed by atoms with Gasteiger partial charge in [0.2, 0.25) is 0 Å². The lowest BCUT2D eigenvalue weighted by molar-refractivity contribution is 0.0585. The van der Waals surface area contributed by atoms with Crippen molar-refractivity contribution in [1.29, 1.82) is 0 Å². The fraction of sp³-hybridized carbons (Fsp3) is 0.103. The number of aromatic amines is 2. The summed E-state index contributed by atoms with van der Waals surface area (Å²) >= 11 is 0. The van der Waals surface area contributed by atoms with Crippen LogP contribution in [0, 0.1) is 5.82 Å². The van der Waals surface area contributed by atoms with Gasteiger partial charge in [0.15, 0.2) is 11.4 Å². The molecule has 5 aromatic rings. The van der Waals surface area contributed by atoms with Gasteiger partial charge < -0.3 is 9.47 Å². The fourth-order valence-electron chi connectivity index (χ4n) is 4.60. The zero-order valence-corrected chi connectivity index (χ0v) is 21.4. The molecular weight excluding hydrogens is 519 g/mol. The van der Waals surface area contributed by atoms with Crippen molar-refractivity contribution in [3.05, 3.63) is 140 Å². The molecule has 0 spiro atoms. The number of nitrogens with zero attached hydrogens (tertiary/aromatic N) is 2. The molecule has 0 atom stereocenters. The number of halogens is 1. The number of hydrogen-bond acceptors (Lipinski definition) is 6. The average Bonchev–Trinajstić information content (AvgIpc) is 3.51. The Balaban J connectivity index is 1.89. The van der Waals surface area contributed by atoms with Crippen LogP contribution in [0.5, 0.6) is 0 Å². The van der Waals surface area contributed by atoms with Gasteiger partial charge in [0, 0.05) is 5.92 Å². The number of esters is 2. The second kappa shape index (κ2) is 10.7. The summed E-state index contributed by atoms with van der Waals surface area (Å²) in [6.45, 7) is 0. The summed E-state index contributed by atoms with van der Waals surface area (Å²) in [5.74, 6) is -3.64. The molecule has 5 rings (SSSR count). The van der Waals surface area contributed by atoms with Crippen LogP contribution in [-0.4, -0.2) is 45.7 Å². The molecule has 3 aromatic carbocycles. The minimum absolute atomic E-state index is 0.177. The van der Waals surface area contributed by atoms with Gasteiger partial charge in [0.1, 0.15) is 5.82 Å². The van der Waals surface area contributed by atoms with E-state index in [-0.39, 0.29) is 28.1 Å². The molecule has 10 nitrogen and oxygen atoms in total. The maximum absolute atomic E-state index is 14.0. The monoisotopic (exact) mass is 542 g/mol. The number of nitrogens with one attached hydrogen (secondary N) is 2. The van der Waals surface area contributed by atoms with E-state index in [2.05, 4.69) is 10.2 Å². The molecule has 0 aliphatic rings. The largest absolute Gasteiger partial charge is 0.464 e. The fourth-order valence-corrected chi connectivity index (χ4v) is 4.60. The highest BCUT2D eigenvalue weighted by Crippen LogP contribution is 2.33. The second-order valence-electron chi connectivity index (χ2n) is 8.72. The smallest absolute Gasteiger partial charge is 0.356 e. The van der Waals surface area contributed by atoms with Crippen LogP contribution < -0.4 is 11.1 Å². The third-order valence-corrected chi connectivity index (χ3v) is 6.44. The Kier molecular flexibility index (Phi) is 7.02. The topological polar surface area (TPSA) is 128 Å². The number of benzene rings is 3. The molecule has 0 saturated heterocycles. The van der Waals surface area contributed by atoms with Crippen LogP contribution in [0.1, 0.15) is 43.6 Å². The predicted molar refractivity (Wildman–Crippen MR) is 143 cm³/mol. The molecule has 0 saturated carbocycles. The molecule has 0 aliphatic carbocycles. The highest BCUT2D eigenvalue weighted by Gasteiger charge is 2.37. The Morgan fingerprint density at radius 3 is 1.45 bits per heavy atom. The van der Waals surface area contributed by atoms with Crippen LogP contribution in [0.3, 0.4) is 0 Å². The number of carbonyl (C=O) groups excluding carboxylic acids is 2. The van der Waals surface area contributed by atoms with E-state index in [1.165, 1.54) is 12.1 Å². The summed E-state index contributed by atoms with van der Waals surface area (Å²) in [4.78, 5) is 54.0. The Labute approximate surface area is 226 Å².